The molecule has 0 atom stereocenters. The van der Waals surface area contributed by atoms with E-state index in [0.29, 0.717) is 32.1 Å². The number of aryl methyl sites for hydroxylation is 1. The van der Waals surface area contributed by atoms with Gasteiger partial charge in [0.1, 0.15) is 5.78 Å². The van der Waals surface area contributed by atoms with Crippen molar-refractivity contribution in [2.75, 3.05) is 12.8 Å². The van der Waals surface area contributed by atoms with Gasteiger partial charge in [-0.2, -0.15) is 0 Å². The van der Waals surface area contributed by atoms with Gasteiger partial charge in [0.05, 0.1) is 5.75 Å². The Balaban J connectivity index is 1.94. The van der Waals surface area contributed by atoms with E-state index in [2.05, 4.69) is 4.98 Å². The zero-order chi connectivity index (χ0) is 14.6. The molecule has 0 unspecified atom stereocenters. The molecule has 1 heterocycles. The topological polar surface area (TPSA) is 67.3 Å². The quantitative estimate of drug-likeness (QED) is 0.823. The van der Waals surface area contributed by atoms with Crippen LogP contribution in [0.3, 0.4) is 0 Å². The summed E-state index contributed by atoms with van der Waals surface area (Å²) in [4.78, 5) is 15.1. The first-order valence-corrected chi connectivity index (χ1v) is 8.46. The van der Waals surface area contributed by atoms with Gasteiger partial charge in [0.15, 0.2) is 0 Å². The first-order valence-electron chi connectivity index (χ1n) is 6.85. The summed E-state index contributed by atoms with van der Waals surface area (Å²) in [6, 6.07) is 3.62. The van der Waals surface area contributed by atoms with Crippen molar-refractivity contribution in [1.82, 2.24) is 9.29 Å². The summed E-state index contributed by atoms with van der Waals surface area (Å²) in [6.07, 6.45) is 6.09. The van der Waals surface area contributed by atoms with Crippen LogP contribution in [0.4, 0.5) is 0 Å². The maximum atomic E-state index is 12.3. The van der Waals surface area contributed by atoms with Crippen molar-refractivity contribution in [3.8, 4) is 0 Å². The summed E-state index contributed by atoms with van der Waals surface area (Å²) in [7, 11) is -1.65. The first kappa shape index (κ1) is 15.1. The number of hydrogen-bond donors (Lipinski definition) is 0. The van der Waals surface area contributed by atoms with Crippen LogP contribution in [-0.4, -0.2) is 42.3 Å². The number of ketones is 1. The molecule has 1 fully saturated rings. The number of pyridine rings is 1. The van der Waals surface area contributed by atoms with Crippen LogP contribution >= 0.6 is 0 Å². The molecule has 5 nitrogen and oxygen atoms in total. The van der Waals surface area contributed by atoms with Gasteiger partial charge < -0.3 is 0 Å². The Labute approximate surface area is 120 Å². The summed E-state index contributed by atoms with van der Waals surface area (Å²) in [5.74, 6) is 0.335. The lowest BCUT2D eigenvalue weighted by Crippen LogP contribution is -2.41. The molecule has 0 amide bonds. The lowest BCUT2D eigenvalue weighted by molar-refractivity contribution is -0.120. The largest absolute Gasteiger partial charge is 0.300 e. The smallest absolute Gasteiger partial charge is 0.214 e. The third-order valence-corrected chi connectivity index (χ3v) is 5.76. The van der Waals surface area contributed by atoms with Gasteiger partial charge in [-0.25, -0.2) is 12.7 Å². The van der Waals surface area contributed by atoms with Crippen LogP contribution in [0.15, 0.2) is 24.5 Å². The van der Waals surface area contributed by atoms with Gasteiger partial charge >= 0.3 is 0 Å². The predicted molar refractivity (Wildman–Crippen MR) is 76.8 cm³/mol. The zero-order valence-electron chi connectivity index (χ0n) is 11.7. The fourth-order valence-corrected chi connectivity index (χ4v) is 3.90. The maximum absolute atomic E-state index is 12.3. The van der Waals surface area contributed by atoms with E-state index in [0.717, 1.165) is 5.56 Å². The van der Waals surface area contributed by atoms with Gasteiger partial charge in [-0.05, 0) is 37.0 Å². The Morgan fingerprint density at radius 3 is 2.45 bits per heavy atom. The summed E-state index contributed by atoms with van der Waals surface area (Å²) < 4.78 is 26.1. The molecule has 0 aromatic carbocycles. The highest BCUT2D eigenvalue weighted by Gasteiger charge is 2.29. The van der Waals surface area contributed by atoms with Crippen molar-refractivity contribution >= 4 is 15.8 Å². The van der Waals surface area contributed by atoms with Crippen LogP contribution in [0.2, 0.25) is 0 Å². The average Bonchev–Trinajstić information content (AvgIpc) is 2.46. The molecule has 0 N–H and O–H groups in total. The van der Waals surface area contributed by atoms with Gasteiger partial charge in [-0.1, -0.05) is 0 Å². The molecular weight excluding hydrogens is 276 g/mol. The summed E-state index contributed by atoms with van der Waals surface area (Å²) >= 11 is 0. The van der Waals surface area contributed by atoms with Gasteiger partial charge in [-0.3, -0.25) is 9.78 Å². The molecule has 0 aliphatic heterocycles. The van der Waals surface area contributed by atoms with Gasteiger partial charge in [-0.15, -0.1) is 0 Å². The summed E-state index contributed by atoms with van der Waals surface area (Å²) in [5.41, 5.74) is 0.968. The minimum Gasteiger partial charge on any atom is -0.300 e. The van der Waals surface area contributed by atoms with Crippen LogP contribution in [0.5, 0.6) is 0 Å². The van der Waals surface area contributed by atoms with E-state index in [4.69, 9.17) is 0 Å². The number of sulfonamides is 1. The van der Waals surface area contributed by atoms with E-state index in [1.807, 2.05) is 12.1 Å². The molecule has 1 aliphatic rings. The van der Waals surface area contributed by atoms with E-state index in [1.165, 1.54) is 4.31 Å². The van der Waals surface area contributed by atoms with E-state index in [1.54, 1.807) is 19.4 Å². The molecular formula is C14H20N2O3S. The van der Waals surface area contributed by atoms with Crippen molar-refractivity contribution in [1.29, 1.82) is 0 Å². The lowest BCUT2D eigenvalue weighted by atomic mass is 9.95. The van der Waals surface area contributed by atoms with E-state index in [-0.39, 0.29) is 17.6 Å². The molecule has 2 rings (SSSR count). The fourth-order valence-electron chi connectivity index (χ4n) is 2.46. The monoisotopic (exact) mass is 296 g/mol. The molecule has 1 aliphatic carbocycles. The third kappa shape index (κ3) is 3.86. The SMILES string of the molecule is CN(C1CCC(=O)CC1)S(=O)(=O)CCc1ccncc1. The van der Waals surface area contributed by atoms with Crippen LogP contribution in [0, 0.1) is 0 Å². The summed E-state index contributed by atoms with van der Waals surface area (Å²) in [6.45, 7) is 0. The molecule has 0 spiro atoms. The predicted octanol–water partition coefficient (Wildman–Crippen LogP) is 1.40. The van der Waals surface area contributed by atoms with Crippen molar-refractivity contribution in [3.63, 3.8) is 0 Å². The Bertz CT molecular complexity index is 547. The lowest BCUT2D eigenvalue weighted by Gasteiger charge is -2.29. The number of hydrogen-bond acceptors (Lipinski definition) is 4. The van der Waals surface area contributed by atoms with Gasteiger partial charge in [0, 0.05) is 38.3 Å². The van der Waals surface area contributed by atoms with Crippen LogP contribution in [0.25, 0.3) is 0 Å². The minimum absolute atomic E-state index is 0.0323. The highest BCUT2D eigenvalue weighted by atomic mass is 32.2. The molecule has 1 saturated carbocycles. The summed E-state index contributed by atoms with van der Waals surface area (Å²) in [5, 5.41) is 0. The Hall–Kier alpha value is -1.27. The second-order valence-electron chi connectivity index (χ2n) is 5.21. The van der Waals surface area contributed by atoms with Crippen LogP contribution in [0.1, 0.15) is 31.2 Å². The fraction of sp³-hybridized carbons (Fsp3) is 0.571. The molecule has 0 radical (unpaired) electrons. The van der Waals surface area contributed by atoms with Crippen LogP contribution in [-0.2, 0) is 21.2 Å². The van der Waals surface area contributed by atoms with Crippen molar-refractivity contribution < 1.29 is 13.2 Å². The molecule has 1 aromatic rings. The Morgan fingerprint density at radius 2 is 1.85 bits per heavy atom. The third-order valence-electron chi connectivity index (χ3n) is 3.86. The molecule has 1 aromatic heterocycles. The number of nitrogens with zero attached hydrogens (tertiary/aromatic N) is 2. The number of aromatic nitrogens is 1. The maximum Gasteiger partial charge on any atom is 0.214 e. The first-order chi connectivity index (χ1) is 9.49. The van der Waals surface area contributed by atoms with Crippen molar-refractivity contribution in [3.05, 3.63) is 30.1 Å². The molecule has 0 saturated heterocycles. The molecule has 6 heteroatoms. The Kier molecular flexibility index (Phi) is 4.88. The second-order valence-corrected chi connectivity index (χ2v) is 7.36. The molecule has 0 bridgehead atoms. The normalized spacial score (nSPS) is 17.6. The molecule has 110 valence electrons. The number of rotatable bonds is 5. The van der Waals surface area contributed by atoms with Gasteiger partial charge in [0.2, 0.25) is 10.0 Å². The standard InChI is InChI=1S/C14H20N2O3S/c1-16(13-2-4-14(17)5-3-13)20(18,19)11-8-12-6-9-15-10-7-12/h6-7,9-10,13H,2-5,8,11H2,1H3. The van der Waals surface area contributed by atoms with E-state index >= 15 is 0 Å². The van der Waals surface area contributed by atoms with E-state index in [9.17, 15) is 13.2 Å². The van der Waals surface area contributed by atoms with Gasteiger partial charge in [0.25, 0.3) is 0 Å². The van der Waals surface area contributed by atoms with Crippen molar-refractivity contribution in [2.45, 2.75) is 38.1 Å². The molecule has 20 heavy (non-hydrogen) atoms. The zero-order valence-corrected chi connectivity index (χ0v) is 12.5. The Morgan fingerprint density at radius 1 is 1.25 bits per heavy atom. The average molecular weight is 296 g/mol. The van der Waals surface area contributed by atoms with Crippen LogP contribution < -0.4 is 0 Å². The number of Topliss-reactive ketones (excluding diaryl/α,β-unsaturated/α-hetero) is 1. The number of carbonyl (C=O) groups is 1. The minimum atomic E-state index is -3.27. The second kappa shape index (κ2) is 6.45. The van der Waals surface area contributed by atoms with Crippen molar-refractivity contribution in [2.24, 2.45) is 0 Å². The van der Waals surface area contributed by atoms with E-state index < -0.39 is 10.0 Å². The highest BCUT2D eigenvalue weighted by molar-refractivity contribution is 7.89. The highest BCUT2D eigenvalue weighted by Crippen LogP contribution is 2.22. The number of carbonyl (C=O) groups excluding carboxylic acids is 1.